The van der Waals surface area contributed by atoms with Crippen LogP contribution in [-0.4, -0.2) is 4.57 Å². The molecule has 2 heteroatoms. The van der Waals surface area contributed by atoms with Crippen molar-refractivity contribution in [1.82, 2.24) is 9.88 Å². The Hall–Kier alpha value is -1.54. The molecule has 0 aliphatic heterocycles. The van der Waals surface area contributed by atoms with Crippen molar-refractivity contribution in [2.24, 2.45) is 0 Å². The average molecular weight is 256 g/mol. The summed E-state index contributed by atoms with van der Waals surface area (Å²) in [5, 5.41) is 3.69. The molecule has 0 aliphatic rings. The lowest BCUT2D eigenvalue weighted by molar-refractivity contribution is 0.482. The second-order valence-electron chi connectivity index (χ2n) is 4.92. The normalized spacial score (nSPS) is 12.5. The van der Waals surface area contributed by atoms with Gasteiger partial charge in [-0.2, -0.15) is 0 Å². The highest BCUT2D eigenvalue weighted by atomic mass is 15.0. The predicted molar refractivity (Wildman–Crippen MR) is 81.0 cm³/mol. The third kappa shape index (κ3) is 3.71. The number of nitrogens with one attached hydrogen (secondary N) is 1. The smallest absolute Gasteiger partial charge is 0.0364 e. The number of rotatable bonds is 7. The Balaban J connectivity index is 2.02. The van der Waals surface area contributed by atoms with Crippen LogP contribution in [0, 0.1) is 0 Å². The lowest BCUT2D eigenvalue weighted by atomic mass is 10.0. The van der Waals surface area contributed by atoms with Crippen molar-refractivity contribution < 1.29 is 0 Å². The Labute approximate surface area is 116 Å². The molecule has 1 aromatic carbocycles. The van der Waals surface area contributed by atoms with Crippen molar-refractivity contribution >= 4 is 0 Å². The Bertz CT molecular complexity index is 473. The number of aryl methyl sites for hydroxylation is 1. The number of hydrogen-bond donors (Lipinski definition) is 1. The van der Waals surface area contributed by atoms with E-state index in [1.54, 1.807) is 0 Å². The summed E-state index contributed by atoms with van der Waals surface area (Å²) in [6.07, 6.45) is 4.52. The minimum Gasteiger partial charge on any atom is -0.351 e. The molecule has 19 heavy (non-hydrogen) atoms. The molecule has 1 aromatic heterocycles. The molecule has 1 atom stereocenters. The maximum Gasteiger partial charge on any atom is 0.0364 e. The van der Waals surface area contributed by atoms with E-state index in [1.807, 2.05) is 0 Å². The van der Waals surface area contributed by atoms with Gasteiger partial charge in [-0.1, -0.05) is 43.7 Å². The molecule has 1 heterocycles. The van der Waals surface area contributed by atoms with Crippen LogP contribution in [0.25, 0.3) is 0 Å². The van der Waals surface area contributed by atoms with Gasteiger partial charge in [-0.25, -0.2) is 0 Å². The van der Waals surface area contributed by atoms with Gasteiger partial charge in [0.15, 0.2) is 0 Å². The summed E-state index contributed by atoms with van der Waals surface area (Å²) in [5.74, 6) is 0. The molecule has 2 aromatic rings. The molecule has 2 rings (SSSR count). The fourth-order valence-corrected chi connectivity index (χ4v) is 2.51. The fourth-order valence-electron chi connectivity index (χ4n) is 2.51. The first kappa shape index (κ1) is 13.9. The minimum atomic E-state index is 0.450. The van der Waals surface area contributed by atoms with Gasteiger partial charge in [-0.05, 0) is 31.0 Å². The number of benzene rings is 1. The van der Waals surface area contributed by atoms with Crippen LogP contribution in [0.4, 0.5) is 0 Å². The molecule has 0 saturated carbocycles. The molecule has 0 fully saturated rings. The summed E-state index contributed by atoms with van der Waals surface area (Å²) < 4.78 is 2.29. The van der Waals surface area contributed by atoms with E-state index in [9.17, 15) is 0 Å². The fraction of sp³-hybridized carbons (Fsp3) is 0.412. The predicted octanol–water partition coefficient (Wildman–Crippen LogP) is 4.14. The molecule has 0 radical (unpaired) electrons. The van der Waals surface area contributed by atoms with Gasteiger partial charge in [0, 0.05) is 31.0 Å². The van der Waals surface area contributed by atoms with Crippen molar-refractivity contribution in [3.05, 3.63) is 59.9 Å². The lowest BCUT2D eigenvalue weighted by Gasteiger charge is -2.19. The molecule has 1 N–H and O–H groups in total. The Morgan fingerprint density at radius 3 is 2.53 bits per heavy atom. The summed E-state index contributed by atoms with van der Waals surface area (Å²) in [6, 6.07) is 15.5. The van der Waals surface area contributed by atoms with Crippen molar-refractivity contribution in [2.45, 2.75) is 45.8 Å². The highest BCUT2D eigenvalue weighted by Crippen LogP contribution is 2.18. The molecule has 0 spiro atoms. The van der Waals surface area contributed by atoms with E-state index in [-0.39, 0.29) is 0 Å². The first-order chi connectivity index (χ1) is 9.35. The topological polar surface area (TPSA) is 17.0 Å². The molecule has 0 saturated heterocycles. The van der Waals surface area contributed by atoms with Gasteiger partial charge in [0.2, 0.25) is 0 Å². The van der Waals surface area contributed by atoms with E-state index in [4.69, 9.17) is 0 Å². The minimum absolute atomic E-state index is 0.450. The van der Waals surface area contributed by atoms with Gasteiger partial charge in [0.05, 0.1) is 0 Å². The maximum absolute atomic E-state index is 3.69. The second kappa shape index (κ2) is 7.15. The summed E-state index contributed by atoms with van der Waals surface area (Å²) in [5.41, 5.74) is 2.75. The summed E-state index contributed by atoms with van der Waals surface area (Å²) in [7, 11) is 0. The zero-order valence-corrected chi connectivity index (χ0v) is 12.0. The molecular weight excluding hydrogens is 232 g/mol. The zero-order chi connectivity index (χ0) is 13.5. The van der Waals surface area contributed by atoms with Crippen LogP contribution in [0.5, 0.6) is 0 Å². The lowest BCUT2D eigenvalue weighted by Crippen LogP contribution is -2.22. The third-order valence-corrected chi connectivity index (χ3v) is 3.57. The van der Waals surface area contributed by atoms with Crippen LogP contribution < -0.4 is 5.32 Å². The van der Waals surface area contributed by atoms with Crippen molar-refractivity contribution in [3.63, 3.8) is 0 Å². The van der Waals surface area contributed by atoms with E-state index in [2.05, 4.69) is 72.4 Å². The second-order valence-corrected chi connectivity index (χ2v) is 4.92. The van der Waals surface area contributed by atoms with Gasteiger partial charge in [0.1, 0.15) is 0 Å². The molecule has 102 valence electrons. The quantitative estimate of drug-likeness (QED) is 0.788. The van der Waals surface area contributed by atoms with E-state index in [0.29, 0.717) is 6.04 Å². The van der Waals surface area contributed by atoms with E-state index in [0.717, 1.165) is 13.1 Å². The van der Waals surface area contributed by atoms with Gasteiger partial charge in [-0.3, -0.25) is 0 Å². The Morgan fingerprint density at radius 2 is 1.84 bits per heavy atom. The Kier molecular flexibility index (Phi) is 5.22. The van der Waals surface area contributed by atoms with Crippen LogP contribution in [-0.2, 0) is 13.1 Å². The monoisotopic (exact) mass is 256 g/mol. The number of nitrogens with zero attached hydrogens (tertiary/aromatic N) is 1. The zero-order valence-electron chi connectivity index (χ0n) is 12.0. The first-order valence-corrected chi connectivity index (χ1v) is 7.27. The van der Waals surface area contributed by atoms with Crippen LogP contribution in [0.3, 0.4) is 0 Å². The van der Waals surface area contributed by atoms with Crippen molar-refractivity contribution in [2.75, 3.05) is 0 Å². The summed E-state index contributed by atoms with van der Waals surface area (Å²) in [4.78, 5) is 0. The van der Waals surface area contributed by atoms with Gasteiger partial charge in [0.25, 0.3) is 0 Å². The van der Waals surface area contributed by atoms with Crippen LogP contribution in [0.1, 0.15) is 44.0 Å². The van der Waals surface area contributed by atoms with Gasteiger partial charge < -0.3 is 9.88 Å². The van der Waals surface area contributed by atoms with E-state index < -0.39 is 0 Å². The third-order valence-electron chi connectivity index (χ3n) is 3.57. The van der Waals surface area contributed by atoms with E-state index in [1.165, 1.54) is 24.1 Å². The highest BCUT2D eigenvalue weighted by molar-refractivity contribution is 5.19. The Morgan fingerprint density at radius 1 is 1.05 bits per heavy atom. The van der Waals surface area contributed by atoms with Crippen LogP contribution in [0.2, 0.25) is 0 Å². The molecule has 0 bridgehead atoms. The van der Waals surface area contributed by atoms with Gasteiger partial charge in [-0.15, -0.1) is 0 Å². The standard InChI is InChI=1S/C17H24N2/c1-3-9-17(15-10-6-5-7-11-15)18-14-16-12-8-13-19(16)4-2/h5-8,10-13,17-18H,3-4,9,14H2,1-2H3. The largest absolute Gasteiger partial charge is 0.351 e. The summed E-state index contributed by atoms with van der Waals surface area (Å²) in [6.45, 7) is 6.39. The molecule has 1 unspecified atom stereocenters. The average Bonchev–Trinajstić information content (AvgIpc) is 2.92. The molecule has 0 amide bonds. The van der Waals surface area contributed by atoms with E-state index >= 15 is 0 Å². The van der Waals surface area contributed by atoms with Crippen LogP contribution in [0.15, 0.2) is 48.7 Å². The van der Waals surface area contributed by atoms with Crippen molar-refractivity contribution in [3.8, 4) is 0 Å². The number of hydrogen-bond acceptors (Lipinski definition) is 1. The number of aromatic nitrogens is 1. The first-order valence-electron chi connectivity index (χ1n) is 7.27. The SMILES string of the molecule is CCCC(NCc1cccn1CC)c1ccccc1. The van der Waals surface area contributed by atoms with Gasteiger partial charge >= 0.3 is 0 Å². The summed E-state index contributed by atoms with van der Waals surface area (Å²) >= 11 is 0. The van der Waals surface area contributed by atoms with Crippen LogP contribution >= 0.6 is 0 Å². The molecule has 0 aliphatic carbocycles. The molecule has 2 nitrogen and oxygen atoms in total. The maximum atomic E-state index is 3.69. The van der Waals surface area contributed by atoms with Crippen molar-refractivity contribution in [1.29, 1.82) is 0 Å². The highest BCUT2D eigenvalue weighted by Gasteiger charge is 2.10. The molecular formula is C17H24N2.